The SMILES string of the molecule is CC(Oc1cc(Cl)cnc1N)c1cccc(N(C(=O)c2ccccc2-c2ccc3c(c2)O[C@@H](NC(=O)c2ccc(Cl)c(Cl)c2)O3)c2cccc([C@H](C)Oc3cc(Cl)cnc3N)c2)c1. The molecule has 0 spiro atoms. The molecular weight excluding hydrogens is 886 g/mol. The van der Waals surface area contributed by atoms with Crippen molar-refractivity contribution in [3.8, 4) is 34.1 Å². The molecule has 1 aliphatic heterocycles. The van der Waals surface area contributed by atoms with E-state index in [4.69, 9.17) is 76.8 Å². The number of carbonyl (C=O) groups excluding carboxylic acids is 2. The van der Waals surface area contributed by atoms with E-state index in [0.29, 0.717) is 66.1 Å². The number of amides is 2. The van der Waals surface area contributed by atoms with Crippen LogP contribution in [0.5, 0.6) is 23.0 Å². The lowest BCUT2D eigenvalue weighted by atomic mass is 9.97. The van der Waals surface area contributed by atoms with Crippen molar-refractivity contribution in [3.05, 3.63) is 176 Å². The fourth-order valence-corrected chi connectivity index (χ4v) is 7.43. The van der Waals surface area contributed by atoms with Crippen molar-refractivity contribution in [3.63, 3.8) is 0 Å². The maximum absolute atomic E-state index is 15.3. The smallest absolute Gasteiger partial charge is 0.327 e. The molecule has 318 valence electrons. The van der Waals surface area contributed by atoms with Gasteiger partial charge >= 0.3 is 6.41 Å². The Hall–Kier alpha value is -6.70. The first kappa shape index (κ1) is 43.0. The predicted molar refractivity (Wildman–Crippen MR) is 246 cm³/mol. The number of nitrogens with zero attached hydrogens (tertiary/aromatic N) is 3. The second-order valence-corrected chi connectivity index (χ2v) is 16.0. The summed E-state index contributed by atoms with van der Waals surface area (Å²) in [5.41, 5.74) is 16.7. The van der Waals surface area contributed by atoms with Crippen LogP contribution in [-0.2, 0) is 0 Å². The van der Waals surface area contributed by atoms with Gasteiger partial charge in [-0.2, -0.15) is 0 Å². The van der Waals surface area contributed by atoms with Gasteiger partial charge in [0.05, 0.1) is 20.1 Å². The van der Waals surface area contributed by atoms with Gasteiger partial charge in [-0.05, 0) is 96.8 Å². The number of nitrogens with one attached hydrogen (secondary N) is 1. The molecule has 0 saturated carbocycles. The molecule has 16 heteroatoms. The minimum absolute atomic E-state index is 0.186. The number of halogens is 4. The summed E-state index contributed by atoms with van der Waals surface area (Å²) < 4.78 is 24.4. The van der Waals surface area contributed by atoms with Crippen molar-refractivity contribution >= 4 is 81.2 Å². The molecule has 7 aromatic rings. The third-order valence-electron chi connectivity index (χ3n) is 10.0. The number of ether oxygens (including phenoxy) is 4. The highest BCUT2D eigenvalue weighted by Crippen LogP contribution is 2.41. The first-order valence-corrected chi connectivity index (χ1v) is 20.8. The average Bonchev–Trinajstić information content (AvgIpc) is 3.69. The van der Waals surface area contributed by atoms with Crippen LogP contribution in [0.3, 0.4) is 0 Å². The van der Waals surface area contributed by atoms with Gasteiger partial charge < -0.3 is 30.4 Å². The lowest BCUT2D eigenvalue weighted by Gasteiger charge is -2.27. The summed E-state index contributed by atoms with van der Waals surface area (Å²) in [6.45, 7) is 3.72. The molecule has 3 heterocycles. The topological polar surface area (TPSA) is 164 Å². The Kier molecular flexibility index (Phi) is 12.5. The maximum atomic E-state index is 15.3. The first-order valence-electron chi connectivity index (χ1n) is 19.3. The second kappa shape index (κ2) is 18.3. The van der Waals surface area contributed by atoms with Crippen LogP contribution in [0.25, 0.3) is 11.1 Å². The van der Waals surface area contributed by atoms with Crippen LogP contribution >= 0.6 is 46.4 Å². The van der Waals surface area contributed by atoms with Crippen LogP contribution in [0.4, 0.5) is 23.0 Å². The molecule has 0 radical (unpaired) electrons. The van der Waals surface area contributed by atoms with Crippen molar-refractivity contribution in [2.45, 2.75) is 32.5 Å². The van der Waals surface area contributed by atoms with Crippen LogP contribution in [0.15, 0.2) is 134 Å². The van der Waals surface area contributed by atoms with E-state index in [0.717, 1.165) is 11.1 Å². The number of aromatic nitrogens is 2. The first-order chi connectivity index (χ1) is 30.3. The highest BCUT2D eigenvalue weighted by Gasteiger charge is 2.29. The van der Waals surface area contributed by atoms with E-state index in [1.807, 2.05) is 80.6 Å². The summed E-state index contributed by atoms with van der Waals surface area (Å²) in [5, 5.41) is 4.00. The summed E-state index contributed by atoms with van der Waals surface area (Å²) >= 11 is 24.6. The number of anilines is 4. The molecule has 5 aromatic carbocycles. The second-order valence-electron chi connectivity index (χ2n) is 14.3. The molecule has 5 N–H and O–H groups in total. The van der Waals surface area contributed by atoms with Gasteiger partial charge in [-0.1, -0.05) is 94.9 Å². The largest absolute Gasteiger partial charge is 0.482 e. The standard InChI is InChI=1S/C47H36Cl4N6O6/c1-25(60-41-21-31(48)23-54-43(41)52)27-7-5-9-33(17-27)57(34-10-6-8-28(18-34)26(2)61-42-22-32(49)24-55-44(42)53)46(59)36-12-4-3-11-35(36)29-14-16-39-40(20-29)63-47(62-39)56-45(58)30-13-15-37(50)38(51)19-30/h3-26,47H,1-2H3,(H2,52,54)(H2,53,55)(H,56,58)/t25-,26?,47-/m0/s1. The van der Waals surface area contributed by atoms with Gasteiger partial charge in [-0.15, -0.1) is 0 Å². The van der Waals surface area contributed by atoms with E-state index in [-0.39, 0.29) is 28.1 Å². The number of hydrogen-bond donors (Lipinski definition) is 3. The lowest BCUT2D eigenvalue weighted by Crippen LogP contribution is -2.40. The zero-order valence-corrected chi connectivity index (χ0v) is 36.4. The molecule has 2 amide bonds. The molecular formula is C47H36Cl4N6O6. The summed E-state index contributed by atoms with van der Waals surface area (Å²) in [5.74, 6) is 0.951. The number of nitrogens with two attached hydrogens (primary N) is 2. The van der Waals surface area contributed by atoms with E-state index < -0.39 is 24.5 Å². The van der Waals surface area contributed by atoms with Crippen LogP contribution in [0.2, 0.25) is 20.1 Å². The average molecular weight is 923 g/mol. The number of pyridine rings is 2. The quantitative estimate of drug-likeness (QED) is 0.107. The Balaban J connectivity index is 1.13. The Morgan fingerprint density at radius 1 is 0.667 bits per heavy atom. The Labute approximate surface area is 382 Å². The van der Waals surface area contributed by atoms with Crippen molar-refractivity contribution in [1.29, 1.82) is 0 Å². The zero-order chi connectivity index (χ0) is 44.4. The fraction of sp³-hybridized carbons (Fsp3) is 0.106. The lowest BCUT2D eigenvalue weighted by molar-refractivity contribution is 0.0184. The van der Waals surface area contributed by atoms with Crippen LogP contribution < -0.4 is 40.6 Å². The zero-order valence-electron chi connectivity index (χ0n) is 33.4. The van der Waals surface area contributed by atoms with Gasteiger partial charge in [-0.25, -0.2) is 9.97 Å². The summed E-state index contributed by atoms with van der Waals surface area (Å²) in [7, 11) is 0. The molecule has 0 fully saturated rings. The third-order valence-corrected chi connectivity index (χ3v) is 11.2. The number of carbonyl (C=O) groups is 2. The number of nitrogen functional groups attached to an aromatic ring is 2. The highest BCUT2D eigenvalue weighted by molar-refractivity contribution is 6.42. The van der Waals surface area contributed by atoms with Gasteiger partial charge in [0.1, 0.15) is 12.2 Å². The van der Waals surface area contributed by atoms with Gasteiger partial charge in [-0.3, -0.25) is 19.8 Å². The number of fused-ring (bicyclic) bond motifs is 1. The van der Waals surface area contributed by atoms with Crippen LogP contribution in [0, 0.1) is 0 Å². The summed E-state index contributed by atoms with van der Waals surface area (Å²) in [4.78, 5) is 38.1. The maximum Gasteiger partial charge on any atom is 0.327 e. The molecule has 2 aromatic heterocycles. The van der Waals surface area contributed by atoms with Gasteiger partial charge in [0, 0.05) is 47.0 Å². The Morgan fingerprint density at radius 3 is 1.86 bits per heavy atom. The molecule has 1 aliphatic rings. The van der Waals surface area contributed by atoms with Gasteiger partial charge in [0.25, 0.3) is 11.8 Å². The molecule has 0 aliphatic carbocycles. The van der Waals surface area contributed by atoms with Crippen molar-refractivity contribution < 1.29 is 28.5 Å². The molecule has 12 nitrogen and oxygen atoms in total. The fourth-order valence-electron chi connectivity index (χ4n) is 6.83. The van der Waals surface area contributed by atoms with Gasteiger partial charge in [0.15, 0.2) is 34.6 Å². The predicted octanol–water partition coefficient (Wildman–Crippen LogP) is 11.7. The van der Waals surface area contributed by atoms with E-state index in [1.165, 1.54) is 24.5 Å². The summed E-state index contributed by atoms with van der Waals surface area (Å²) in [6.07, 6.45) is 0.704. The number of benzene rings is 5. The van der Waals surface area contributed by atoms with E-state index in [1.54, 1.807) is 47.4 Å². The molecule has 0 bridgehead atoms. The van der Waals surface area contributed by atoms with Gasteiger partial charge in [0.2, 0.25) is 0 Å². The van der Waals surface area contributed by atoms with E-state index >= 15 is 4.79 Å². The van der Waals surface area contributed by atoms with Crippen molar-refractivity contribution in [1.82, 2.24) is 15.3 Å². The van der Waals surface area contributed by atoms with Crippen molar-refractivity contribution in [2.24, 2.45) is 0 Å². The Morgan fingerprint density at radius 2 is 1.25 bits per heavy atom. The normalized spacial score (nSPS) is 13.8. The molecule has 1 unspecified atom stereocenters. The molecule has 3 atom stereocenters. The minimum Gasteiger partial charge on any atom is -0.482 e. The van der Waals surface area contributed by atoms with E-state index in [9.17, 15) is 4.79 Å². The van der Waals surface area contributed by atoms with Crippen molar-refractivity contribution in [2.75, 3.05) is 16.4 Å². The van der Waals surface area contributed by atoms with E-state index in [2.05, 4.69) is 15.3 Å². The molecule has 8 rings (SSSR count). The van der Waals surface area contributed by atoms with Crippen LogP contribution in [-0.4, -0.2) is 28.2 Å². The third kappa shape index (κ3) is 9.54. The minimum atomic E-state index is -1.12. The Bertz CT molecular complexity index is 2780. The molecule has 63 heavy (non-hydrogen) atoms. The summed E-state index contributed by atoms with van der Waals surface area (Å²) in [6, 6.07) is 35.1. The van der Waals surface area contributed by atoms with Crippen LogP contribution in [0.1, 0.15) is 57.9 Å². The number of rotatable bonds is 12. The monoisotopic (exact) mass is 920 g/mol. The number of hydrogen-bond acceptors (Lipinski definition) is 10. The molecule has 0 saturated heterocycles. The highest BCUT2D eigenvalue weighted by atomic mass is 35.5.